The summed E-state index contributed by atoms with van der Waals surface area (Å²) in [7, 11) is 0. The van der Waals surface area contributed by atoms with Gasteiger partial charge in [-0.05, 0) is 68.4 Å². The van der Waals surface area contributed by atoms with Crippen LogP contribution in [0.1, 0.15) is 73.6 Å². The first-order valence-electron chi connectivity index (χ1n) is 13.6. The molecular formula is C29H42O6. The molecule has 0 aromatic heterocycles. The van der Waals surface area contributed by atoms with Gasteiger partial charge in [0, 0.05) is 29.8 Å². The quantitative estimate of drug-likeness (QED) is 0.625. The minimum Gasteiger partial charge on any atom is -0.393 e. The summed E-state index contributed by atoms with van der Waals surface area (Å²) in [5.41, 5.74) is -0.739. The van der Waals surface area contributed by atoms with Crippen molar-refractivity contribution in [3.63, 3.8) is 0 Å². The van der Waals surface area contributed by atoms with Crippen LogP contribution in [0.4, 0.5) is 0 Å². The maximum Gasteiger partial charge on any atom is 0.284 e. The molecular weight excluding hydrogens is 444 g/mol. The lowest BCUT2D eigenvalue weighted by atomic mass is 9.44. The van der Waals surface area contributed by atoms with Crippen molar-refractivity contribution in [2.24, 2.45) is 40.4 Å². The highest BCUT2D eigenvalue weighted by Gasteiger charge is 2.72. The maximum absolute atomic E-state index is 13.7. The second kappa shape index (κ2) is 8.34. The van der Waals surface area contributed by atoms with Gasteiger partial charge in [0.05, 0.1) is 6.10 Å². The highest BCUT2D eigenvalue weighted by molar-refractivity contribution is 6.01. The fourth-order valence-corrected chi connectivity index (χ4v) is 8.96. The van der Waals surface area contributed by atoms with Gasteiger partial charge in [-0.1, -0.05) is 46.3 Å². The van der Waals surface area contributed by atoms with Crippen molar-refractivity contribution in [2.75, 3.05) is 13.2 Å². The van der Waals surface area contributed by atoms with Crippen LogP contribution in [0.25, 0.3) is 0 Å². The van der Waals surface area contributed by atoms with E-state index in [1.54, 1.807) is 12.2 Å². The number of fused-ring (bicyclic) bond motifs is 6. The lowest BCUT2D eigenvalue weighted by molar-refractivity contribution is -0.434. The molecule has 0 aromatic rings. The zero-order chi connectivity index (χ0) is 25.4. The van der Waals surface area contributed by atoms with Gasteiger partial charge in [-0.3, -0.25) is 9.59 Å². The molecule has 1 saturated heterocycles. The third-order valence-electron chi connectivity index (χ3n) is 10.2. The van der Waals surface area contributed by atoms with Crippen LogP contribution in [0.3, 0.4) is 0 Å². The first-order chi connectivity index (χ1) is 16.4. The van der Waals surface area contributed by atoms with Crippen LogP contribution in [-0.2, 0) is 23.8 Å². The van der Waals surface area contributed by atoms with Gasteiger partial charge in [0.15, 0.2) is 11.6 Å². The number of carbonyl (C=O) groups excluding carboxylic acids is 2. The number of hydrogen-bond acceptors (Lipinski definition) is 6. The summed E-state index contributed by atoms with van der Waals surface area (Å²) in [4.78, 5) is 25.9. The summed E-state index contributed by atoms with van der Waals surface area (Å²) >= 11 is 0. The van der Waals surface area contributed by atoms with E-state index in [9.17, 15) is 14.7 Å². The third-order valence-corrected chi connectivity index (χ3v) is 10.2. The van der Waals surface area contributed by atoms with E-state index in [2.05, 4.69) is 34.6 Å². The fraction of sp³-hybridized carbons (Fsp3) is 0.793. The molecule has 6 unspecified atom stereocenters. The molecule has 0 bridgehead atoms. The Hall–Kier alpha value is -1.34. The van der Waals surface area contributed by atoms with Crippen molar-refractivity contribution in [3.8, 4) is 0 Å². The Balaban J connectivity index is 1.54. The van der Waals surface area contributed by atoms with Crippen LogP contribution in [0.5, 0.6) is 0 Å². The smallest absolute Gasteiger partial charge is 0.284 e. The molecule has 5 rings (SSSR count). The molecule has 194 valence electrons. The molecule has 9 atom stereocenters. The molecule has 0 aromatic carbocycles. The first-order valence-corrected chi connectivity index (χ1v) is 13.6. The monoisotopic (exact) mass is 486 g/mol. The van der Waals surface area contributed by atoms with Crippen molar-refractivity contribution in [2.45, 2.75) is 91.3 Å². The highest BCUT2D eigenvalue weighted by Crippen LogP contribution is 2.69. The van der Waals surface area contributed by atoms with E-state index in [0.29, 0.717) is 25.9 Å². The predicted molar refractivity (Wildman–Crippen MR) is 131 cm³/mol. The summed E-state index contributed by atoms with van der Waals surface area (Å²) in [5, 5.41) is 11.8. The Morgan fingerprint density at radius 1 is 1.26 bits per heavy atom. The Morgan fingerprint density at radius 2 is 2.00 bits per heavy atom. The second-order valence-corrected chi connectivity index (χ2v) is 12.6. The lowest BCUT2D eigenvalue weighted by Gasteiger charge is -2.62. The summed E-state index contributed by atoms with van der Waals surface area (Å²) in [6, 6.07) is 0. The summed E-state index contributed by atoms with van der Waals surface area (Å²) < 4.78 is 18.8. The van der Waals surface area contributed by atoms with Gasteiger partial charge in [-0.2, -0.15) is 0 Å². The molecule has 1 aliphatic heterocycles. The Morgan fingerprint density at radius 3 is 2.69 bits per heavy atom. The Bertz CT molecular complexity index is 968. The van der Waals surface area contributed by atoms with Gasteiger partial charge < -0.3 is 19.3 Å². The SMILES string of the molecule is CCOC1(CC(C)C)OCC(=O)[C@]2(CCC3C4C[C@H](C)C5=CC(=O)C=CC5(C)C4[C@@H](O)CC32C)O1. The third kappa shape index (κ3) is 3.50. The van der Waals surface area contributed by atoms with Gasteiger partial charge >= 0.3 is 0 Å². The topological polar surface area (TPSA) is 82.1 Å². The van der Waals surface area contributed by atoms with Gasteiger partial charge in [-0.25, -0.2) is 0 Å². The number of carbonyl (C=O) groups is 2. The van der Waals surface area contributed by atoms with Crippen LogP contribution >= 0.6 is 0 Å². The number of ether oxygens (including phenoxy) is 3. The molecule has 1 heterocycles. The van der Waals surface area contributed by atoms with E-state index in [0.717, 1.165) is 18.4 Å². The molecule has 1 spiro atoms. The van der Waals surface area contributed by atoms with Crippen LogP contribution in [0, 0.1) is 40.4 Å². The molecule has 6 heteroatoms. The van der Waals surface area contributed by atoms with Crippen molar-refractivity contribution >= 4 is 11.6 Å². The molecule has 4 fully saturated rings. The van der Waals surface area contributed by atoms with Gasteiger partial charge in [-0.15, -0.1) is 0 Å². The average Bonchev–Trinajstić information content (AvgIpc) is 3.04. The van der Waals surface area contributed by atoms with Crippen LogP contribution in [-0.4, -0.2) is 47.6 Å². The molecule has 6 nitrogen and oxygen atoms in total. The predicted octanol–water partition coefficient (Wildman–Crippen LogP) is 4.60. The molecule has 3 saturated carbocycles. The average molecular weight is 487 g/mol. The number of Topliss-reactive ketones (excluding diaryl/α,β-unsaturated/α-hetero) is 1. The van der Waals surface area contributed by atoms with Gasteiger partial charge in [0.2, 0.25) is 0 Å². The highest BCUT2D eigenvalue weighted by atomic mass is 16.9. The number of aliphatic hydroxyl groups excluding tert-OH is 1. The molecule has 1 N–H and O–H groups in total. The largest absolute Gasteiger partial charge is 0.393 e. The van der Waals surface area contributed by atoms with E-state index in [1.807, 2.05) is 13.0 Å². The summed E-state index contributed by atoms with van der Waals surface area (Å²) in [6.45, 7) is 13.1. The zero-order valence-electron chi connectivity index (χ0n) is 22.1. The van der Waals surface area contributed by atoms with Gasteiger partial charge in [0.25, 0.3) is 5.97 Å². The minimum absolute atomic E-state index is 0.0183. The van der Waals surface area contributed by atoms with E-state index >= 15 is 0 Å². The molecule has 35 heavy (non-hydrogen) atoms. The van der Waals surface area contributed by atoms with Crippen molar-refractivity contribution in [3.05, 3.63) is 23.8 Å². The van der Waals surface area contributed by atoms with Crippen molar-refractivity contribution in [1.29, 1.82) is 0 Å². The lowest BCUT2D eigenvalue weighted by Crippen LogP contribution is -2.68. The van der Waals surface area contributed by atoms with E-state index in [-0.39, 0.29) is 53.2 Å². The van der Waals surface area contributed by atoms with Crippen molar-refractivity contribution in [1.82, 2.24) is 0 Å². The molecule has 5 aliphatic rings. The molecule has 4 aliphatic carbocycles. The Kier molecular flexibility index (Phi) is 6.03. The Labute approximate surface area is 209 Å². The van der Waals surface area contributed by atoms with E-state index < -0.39 is 23.1 Å². The molecule has 0 radical (unpaired) electrons. The molecule has 0 amide bonds. The number of rotatable bonds is 4. The second-order valence-electron chi connectivity index (χ2n) is 12.6. The van der Waals surface area contributed by atoms with Crippen LogP contribution in [0.2, 0.25) is 0 Å². The van der Waals surface area contributed by atoms with Crippen molar-refractivity contribution < 1.29 is 28.9 Å². The van der Waals surface area contributed by atoms with Gasteiger partial charge in [0.1, 0.15) is 12.2 Å². The normalized spacial score (nSPS) is 49.1. The van der Waals surface area contributed by atoms with E-state index in [4.69, 9.17) is 14.2 Å². The number of allylic oxidation sites excluding steroid dienone is 4. The minimum atomic E-state index is -1.23. The standard InChI is InChI=1S/C29H42O6/c1-7-33-29(14-17(2)3)34-16-24(32)28(35-29)11-9-21-20-12-18(4)22-13-19(30)8-10-26(22,5)25(20)23(31)15-27(21,28)6/h8,10,13,17-18,20-21,23,25,31H,7,9,11-12,14-16H2,1-6H3/t18-,20?,21?,23-,25?,26?,27?,28-,29?/m0/s1. The number of hydrogen-bond donors (Lipinski definition) is 1. The summed E-state index contributed by atoms with van der Waals surface area (Å²) in [5.74, 6) is -0.205. The van der Waals surface area contributed by atoms with Crippen LogP contribution < -0.4 is 0 Å². The fourth-order valence-electron chi connectivity index (χ4n) is 8.96. The number of aliphatic hydroxyl groups is 1. The number of ketones is 2. The maximum atomic E-state index is 13.7. The van der Waals surface area contributed by atoms with E-state index in [1.165, 1.54) is 0 Å². The zero-order valence-corrected chi connectivity index (χ0v) is 22.1. The van der Waals surface area contributed by atoms with Crippen LogP contribution in [0.15, 0.2) is 23.8 Å². The first kappa shape index (κ1) is 25.3. The summed E-state index contributed by atoms with van der Waals surface area (Å²) in [6.07, 6.45) is 8.36.